The van der Waals surface area contributed by atoms with E-state index in [1.807, 2.05) is 0 Å². The summed E-state index contributed by atoms with van der Waals surface area (Å²) in [6.45, 7) is 0. The molecular formula is C19H14ClF6N5O4S. The second-order valence-electron chi connectivity index (χ2n) is 7.79. The van der Waals surface area contributed by atoms with Crippen molar-refractivity contribution < 1.29 is 43.2 Å². The lowest BCUT2D eigenvalue weighted by Gasteiger charge is -2.18. The molecule has 0 unspecified atom stereocenters. The number of benzene rings is 1. The van der Waals surface area contributed by atoms with Gasteiger partial charge in [-0.05, 0) is 30.5 Å². The number of carbonyl (C=O) groups excluding carboxylic acids is 1. The minimum absolute atomic E-state index is 0.0408. The molecule has 0 atom stereocenters. The van der Waals surface area contributed by atoms with E-state index in [2.05, 4.69) is 19.7 Å². The fraction of sp³-hybridized carbons (Fsp3) is 0.316. The molecule has 1 N–H and O–H groups in total. The van der Waals surface area contributed by atoms with Gasteiger partial charge in [-0.2, -0.15) is 40.6 Å². The number of amides is 1. The van der Waals surface area contributed by atoms with Crippen molar-refractivity contribution in [1.29, 1.82) is 0 Å². The number of aryl methyl sites for hydroxylation is 1. The molecule has 4 rings (SSSR count). The van der Waals surface area contributed by atoms with Crippen LogP contribution in [0.4, 0.5) is 25.8 Å². The standard InChI is InChI=1S/C19H14ClF6N5O4S/c1-30-17(14(35-36(26,33)34)15(29-30)18(21,22)19(23,24)25)31-8-10(7-27-31)9-2-5-13(20)12(6-9)16(32)28-11-3-4-11/h2,5-8,11H,3-4H2,1H3,(H,28,32). The Labute approximate surface area is 204 Å². The highest BCUT2D eigenvalue weighted by Gasteiger charge is 2.63. The number of aromatic nitrogens is 4. The molecule has 1 amide bonds. The van der Waals surface area contributed by atoms with E-state index in [-0.39, 0.29) is 22.2 Å². The summed E-state index contributed by atoms with van der Waals surface area (Å²) in [6, 6.07) is 4.33. The van der Waals surface area contributed by atoms with Gasteiger partial charge in [-0.25, -0.2) is 9.36 Å². The number of alkyl halides is 5. The van der Waals surface area contributed by atoms with Crippen molar-refractivity contribution >= 4 is 28.0 Å². The number of hydrogen-bond donors (Lipinski definition) is 1. The van der Waals surface area contributed by atoms with E-state index in [1.165, 1.54) is 18.2 Å². The van der Waals surface area contributed by atoms with Crippen molar-refractivity contribution in [2.45, 2.75) is 31.0 Å². The summed E-state index contributed by atoms with van der Waals surface area (Å²) < 4.78 is 107. The number of hydrogen-bond acceptors (Lipinski definition) is 6. The van der Waals surface area contributed by atoms with E-state index in [9.17, 15) is 39.1 Å². The third kappa shape index (κ3) is 5.00. The second-order valence-corrected chi connectivity index (χ2v) is 9.15. The van der Waals surface area contributed by atoms with Gasteiger partial charge in [-0.1, -0.05) is 21.6 Å². The molecule has 17 heteroatoms. The topological polar surface area (TPSA) is 108 Å². The van der Waals surface area contributed by atoms with Gasteiger partial charge in [0, 0.05) is 24.8 Å². The lowest BCUT2D eigenvalue weighted by atomic mass is 10.1. The van der Waals surface area contributed by atoms with Crippen LogP contribution in [0.2, 0.25) is 5.02 Å². The minimum atomic E-state index is -6.20. The van der Waals surface area contributed by atoms with Crippen LogP contribution in [0.1, 0.15) is 28.9 Å². The van der Waals surface area contributed by atoms with Gasteiger partial charge in [0.05, 0.1) is 16.8 Å². The maximum absolute atomic E-state index is 14.1. The molecule has 1 fully saturated rings. The van der Waals surface area contributed by atoms with E-state index < -0.39 is 45.8 Å². The predicted octanol–water partition coefficient (Wildman–Crippen LogP) is 4.07. The van der Waals surface area contributed by atoms with Gasteiger partial charge in [0.1, 0.15) is 0 Å². The zero-order valence-corrected chi connectivity index (χ0v) is 19.4. The summed E-state index contributed by atoms with van der Waals surface area (Å²) >= 11 is 6.10. The maximum Gasteiger partial charge on any atom is 0.488 e. The van der Waals surface area contributed by atoms with E-state index >= 15 is 0 Å². The summed E-state index contributed by atoms with van der Waals surface area (Å²) in [4.78, 5) is 12.4. The summed E-state index contributed by atoms with van der Waals surface area (Å²) in [5.74, 6) is -8.69. The molecule has 3 aromatic rings. The van der Waals surface area contributed by atoms with Crippen LogP contribution in [-0.4, -0.2) is 46.1 Å². The monoisotopic (exact) mass is 557 g/mol. The van der Waals surface area contributed by atoms with Crippen LogP contribution in [0.3, 0.4) is 0 Å². The largest absolute Gasteiger partial charge is 0.488 e. The Bertz CT molecular complexity index is 1450. The summed E-state index contributed by atoms with van der Waals surface area (Å²) in [5.41, 5.74) is -1.51. The quantitative estimate of drug-likeness (QED) is 0.347. The van der Waals surface area contributed by atoms with Gasteiger partial charge in [0.15, 0.2) is 11.5 Å². The molecule has 1 aromatic carbocycles. The van der Waals surface area contributed by atoms with Gasteiger partial charge in [0.2, 0.25) is 5.75 Å². The van der Waals surface area contributed by atoms with E-state index in [0.29, 0.717) is 14.9 Å². The number of halogens is 7. The Morgan fingerprint density at radius 3 is 2.44 bits per heavy atom. The second kappa shape index (κ2) is 8.69. The fourth-order valence-electron chi connectivity index (χ4n) is 3.22. The number of carbonyl (C=O) groups is 1. The van der Waals surface area contributed by atoms with Crippen molar-refractivity contribution in [3.05, 3.63) is 46.9 Å². The smallest absolute Gasteiger partial charge is 0.352 e. The molecule has 0 saturated heterocycles. The van der Waals surface area contributed by atoms with E-state index in [0.717, 1.165) is 32.3 Å². The Kier molecular flexibility index (Phi) is 6.23. The van der Waals surface area contributed by atoms with E-state index in [1.54, 1.807) is 0 Å². The maximum atomic E-state index is 14.1. The SMILES string of the molecule is Cn1nc(C(F)(F)C(F)(F)F)c(OS(=O)(=O)F)c1-n1cc(-c2ccc(Cl)c(C(=O)NC3CC3)c2)cn1. The lowest BCUT2D eigenvalue weighted by molar-refractivity contribution is -0.291. The number of rotatable bonds is 7. The van der Waals surface area contributed by atoms with Crippen LogP contribution in [0, 0.1) is 0 Å². The normalized spacial score (nSPS) is 14.7. The molecule has 1 saturated carbocycles. The first-order valence-electron chi connectivity index (χ1n) is 9.90. The van der Waals surface area contributed by atoms with Gasteiger partial charge >= 0.3 is 22.6 Å². The number of nitrogens with zero attached hydrogens (tertiary/aromatic N) is 4. The molecule has 9 nitrogen and oxygen atoms in total. The highest BCUT2D eigenvalue weighted by atomic mass is 35.5. The third-order valence-corrected chi connectivity index (χ3v) is 5.76. The van der Waals surface area contributed by atoms with Crippen LogP contribution in [0.15, 0.2) is 30.6 Å². The molecule has 36 heavy (non-hydrogen) atoms. The summed E-state index contributed by atoms with van der Waals surface area (Å²) in [6.07, 6.45) is -2.32. The lowest BCUT2D eigenvalue weighted by Crippen LogP contribution is -2.34. The molecule has 0 bridgehead atoms. The zero-order valence-electron chi connectivity index (χ0n) is 17.9. The van der Waals surface area contributed by atoms with Crippen molar-refractivity contribution in [1.82, 2.24) is 24.9 Å². The average Bonchev–Trinajstić information content (AvgIpc) is 3.32. The van der Waals surface area contributed by atoms with Crippen LogP contribution < -0.4 is 9.50 Å². The molecule has 2 aromatic heterocycles. The van der Waals surface area contributed by atoms with Crippen LogP contribution in [0.5, 0.6) is 5.75 Å². The fourth-order valence-corrected chi connectivity index (χ4v) is 3.78. The average molecular weight is 558 g/mol. The molecule has 2 heterocycles. The molecule has 1 aliphatic rings. The molecule has 194 valence electrons. The van der Waals surface area contributed by atoms with E-state index in [4.69, 9.17) is 11.6 Å². The van der Waals surface area contributed by atoms with Gasteiger partial charge in [0.25, 0.3) is 5.91 Å². The van der Waals surface area contributed by atoms with Gasteiger partial charge in [-0.15, -0.1) is 0 Å². The Hall–Kier alpha value is -3.27. The number of nitrogens with one attached hydrogen (secondary N) is 1. The van der Waals surface area contributed by atoms with Crippen LogP contribution >= 0.6 is 11.6 Å². The highest BCUT2D eigenvalue weighted by Crippen LogP contribution is 2.48. The van der Waals surface area contributed by atoms with Gasteiger partial charge < -0.3 is 9.50 Å². The molecule has 0 aliphatic heterocycles. The third-order valence-electron chi connectivity index (χ3n) is 5.07. The van der Waals surface area contributed by atoms with Gasteiger partial charge in [-0.3, -0.25) is 4.79 Å². The molecule has 1 aliphatic carbocycles. The first-order valence-corrected chi connectivity index (χ1v) is 11.6. The van der Waals surface area contributed by atoms with Crippen molar-refractivity contribution in [2.75, 3.05) is 0 Å². The molecule has 0 radical (unpaired) electrons. The Morgan fingerprint density at radius 2 is 1.86 bits per heavy atom. The molecular weight excluding hydrogens is 544 g/mol. The van der Waals surface area contributed by atoms with Crippen molar-refractivity contribution in [3.8, 4) is 22.7 Å². The zero-order chi connectivity index (χ0) is 26.6. The first kappa shape index (κ1) is 25.8. The van der Waals surface area contributed by atoms with Crippen molar-refractivity contribution in [3.63, 3.8) is 0 Å². The molecule has 0 spiro atoms. The van der Waals surface area contributed by atoms with Crippen LogP contribution in [0.25, 0.3) is 16.9 Å². The predicted molar refractivity (Wildman–Crippen MR) is 112 cm³/mol. The van der Waals surface area contributed by atoms with Crippen LogP contribution in [-0.2, 0) is 23.5 Å². The summed E-state index contributed by atoms with van der Waals surface area (Å²) in [7, 11) is -5.15. The minimum Gasteiger partial charge on any atom is -0.352 e. The highest BCUT2D eigenvalue weighted by molar-refractivity contribution is 7.81. The summed E-state index contributed by atoms with van der Waals surface area (Å²) in [5, 5.41) is 9.76. The first-order chi connectivity index (χ1) is 16.6. The van der Waals surface area contributed by atoms with Crippen molar-refractivity contribution in [2.24, 2.45) is 7.05 Å². The Balaban J connectivity index is 1.79. The Morgan fingerprint density at radius 1 is 1.19 bits per heavy atom.